The maximum atomic E-state index is 12.0. The van der Waals surface area contributed by atoms with Crippen molar-refractivity contribution in [2.45, 2.75) is 92.9 Å². The molecule has 3 nitrogen and oxygen atoms in total. The number of rotatable bonds is 16. The summed E-state index contributed by atoms with van der Waals surface area (Å²) in [5, 5.41) is 2.98. The predicted molar refractivity (Wildman–Crippen MR) is 147 cm³/mol. The number of carbonyl (C=O) groups is 1. The van der Waals surface area contributed by atoms with Crippen molar-refractivity contribution in [2.75, 3.05) is 34.2 Å². The van der Waals surface area contributed by atoms with Gasteiger partial charge in [0.15, 0.2) is 0 Å². The molecule has 0 bridgehead atoms. The van der Waals surface area contributed by atoms with Gasteiger partial charge in [0.05, 0.1) is 34.2 Å². The lowest BCUT2D eigenvalue weighted by atomic mass is 10.0. The summed E-state index contributed by atoms with van der Waals surface area (Å²) in [5.74, 6) is 0.0280. The third-order valence-electron chi connectivity index (χ3n) is 5.65. The molecule has 1 amide bonds. The number of nitrogens with zero attached hydrogens (tertiary/aromatic N) is 1. The fourth-order valence-corrected chi connectivity index (χ4v) is 3.39. The normalized spacial score (nSPS) is 13.4. The number of amides is 1. The fraction of sp³-hybridized carbons (Fsp3) is 0.633. The molecule has 0 saturated heterocycles. The predicted octanol–water partition coefficient (Wildman–Crippen LogP) is 4.69. The summed E-state index contributed by atoms with van der Waals surface area (Å²) in [6.07, 6.45) is 20.0. The molecule has 0 radical (unpaired) electrons. The van der Waals surface area contributed by atoms with Crippen LogP contribution in [0.2, 0.25) is 0 Å². The van der Waals surface area contributed by atoms with Crippen LogP contribution in [0, 0.1) is 0 Å². The average molecular weight is 493 g/mol. The quantitative estimate of drug-likeness (QED) is 0.189. The van der Waals surface area contributed by atoms with Gasteiger partial charge in [-0.15, -0.1) is 0 Å². The Kier molecular flexibility index (Phi) is 20.0. The minimum atomic E-state index is 0. The minimum Gasteiger partial charge on any atom is -1.00 e. The van der Waals surface area contributed by atoms with Crippen molar-refractivity contribution >= 4 is 5.91 Å². The van der Waals surface area contributed by atoms with Crippen LogP contribution in [-0.4, -0.2) is 44.6 Å². The average Bonchev–Trinajstić information content (AvgIpc) is 2.66. The topological polar surface area (TPSA) is 29.1 Å². The fourth-order valence-electron chi connectivity index (χ4n) is 3.39. The van der Waals surface area contributed by atoms with Crippen LogP contribution in [-0.2, 0) is 4.79 Å². The van der Waals surface area contributed by atoms with Crippen LogP contribution < -0.4 is 17.7 Å². The summed E-state index contributed by atoms with van der Waals surface area (Å²) in [6, 6.07) is 0. The van der Waals surface area contributed by atoms with E-state index in [0.717, 1.165) is 61.5 Å². The molecule has 0 aliphatic rings. The molecule has 0 aromatic rings. The SMILES string of the molecule is CC(C)=CCC/C(C)=C/CC/C(C)=C/CC/C(C)=C/CC/C(C)=C/C(=O)NCC[N+](C)(C)C.[Cl-]. The van der Waals surface area contributed by atoms with Crippen molar-refractivity contribution in [3.8, 4) is 0 Å². The first kappa shape index (κ1) is 34.6. The number of allylic oxidation sites excluding steroid dienone is 9. The zero-order valence-electron chi connectivity index (χ0n) is 23.7. The van der Waals surface area contributed by atoms with Gasteiger partial charge in [0.2, 0.25) is 5.91 Å². The van der Waals surface area contributed by atoms with E-state index >= 15 is 0 Å². The first-order chi connectivity index (χ1) is 15.4. The van der Waals surface area contributed by atoms with Gasteiger partial charge in [0.1, 0.15) is 0 Å². The van der Waals surface area contributed by atoms with Crippen LogP contribution in [0.1, 0.15) is 92.9 Å². The molecule has 0 heterocycles. The number of likely N-dealkylation sites (N-methyl/N-ethyl adjacent to an activating group) is 1. The second kappa shape index (κ2) is 19.7. The molecule has 0 aromatic heterocycles. The highest BCUT2D eigenvalue weighted by Gasteiger charge is 2.06. The highest BCUT2D eigenvalue weighted by molar-refractivity contribution is 5.88. The highest BCUT2D eigenvalue weighted by atomic mass is 35.5. The molecule has 0 spiro atoms. The van der Waals surface area contributed by atoms with Crippen molar-refractivity contribution in [3.05, 3.63) is 58.2 Å². The second-order valence-corrected chi connectivity index (χ2v) is 10.9. The summed E-state index contributed by atoms with van der Waals surface area (Å²) < 4.78 is 0.857. The van der Waals surface area contributed by atoms with E-state index in [1.165, 1.54) is 28.7 Å². The Morgan fingerprint density at radius 2 is 1.03 bits per heavy atom. The van der Waals surface area contributed by atoms with Crippen LogP contribution in [0.3, 0.4) is 0 Å². The largest absolute Gasteiger partial charge is 1.00 e. The standard InChI is InChI=1S/C30H52N2O.ClH/c1-25(2)14-10-15-26(3)16-11-17-27(4)18-12-19-28(5)20-13-21-29(6)24-30(33)31-22-23-32(7,8)9;/h14,16,18,20,24H,10-13,15,17,19,21-23H2,1-9H3;1H/b26-16+,27-18+,28-20+,29-24+;. The summed E-state index contributed by atoms with van der Waals surface area (Å²) >= 11 is 0. The smallest absolute Gasteiger partial charge is 0.244 e. The molecule has 0 saturated carbocycles. The molecule has 0 rings (SSSR count). The Bertz CT molecular complexity index is 729. The van der Waals surface area contributed by atoms with Crippen LogP contribution in [0.15, 0.2) is 58.2 Å². The van der Waals surface area contributed by atoms with Gasteiger partial charge in [-0.1, -0.05) is 52.2 Å². The molecule has 0 fully saturated rings. The van der Waals surface area contributed by atoms with Gasteiger partial charge in [0.25, 0.3) is 0 Å². The van der Waals surface area contributed by atoms with E-state index in [4.69, 9.17) is 0 Å². The first-order valence-corrected chi connectivity index (χ1v) is 12.7. The molecule has 0 atom stereocenters. The Balaban J connectivity index is 0. The van der Waals surface area contributed by atoms with E-state index in [1.807, 2.05) is 6.92 Å². The molecule has 4 heteroatoms. The van der Waals surface area contributed by atoms with Crippen LogP contribution in [0.4, 0.5) is 0 Å². The lowest BCUT2D eigenvalue weighted by molar-refractivity contribution is -0.869. The molecule has 0 aliphatic carbocycles. The van der Waals surface area contributed by atoms with Crippen LogP contribution >= 0.6 is 0 Å². The Morgan fingerprint density at radius 3 is 1.41 bits per heavy atom. The van der Waals surface area contributed by atoms with Gasteiger partial charge in [-0.3, -0.25) is 4.79 Å². The molecule has 196 valence electrons. The highest BCUT2D eigenvalue weighted by Crippen LogP contribution is 2.14. The molecule has 0 unspecified atom stereocenters. The van der Waals surface area contributed by atoms with Crippen LogP contribution in [0.5, 0.6) is 0 Å². The van der Waals surface area contributed by atoms with Crippen molar-refractivity contribution in [1.29, 1.82) is 0 Å². The number of nitrogens with one attached hydrogen (secondary N) is 1. The number of carbonyl (C=O) groups excluding carboxylic acids is 1. The molecule has 34 heavy (non-hydrogen) atoms. The maximum absolute atomic E-state index is 12.0. The van der Waals surface area contributed by atoms with Gasteiger partial charge in [0, 0.05) is 6.08 Å². The number of hydrogen-bond acceptors (Lipinski definition) is 1. The van der Waals surface area contributed by atoms with E-state index < -0.39 is 0 Å². The third kappa shape index (κ3) is 23.6. The van der Waals surface area contributed by atoms with E-state index in [0.29, 0.717) is 6.54 Å². The number of halogens is 1. The monoisotopic (exact) mass is 492 g/mol. The van der Waals surface area contributed by atoms with Gasteiger partial charge in [-0.2, -0.15) is 0 Å². The summed E-state index contributed by atoms with van der Waals surface area (Å²) in [7, 11) is 6.39. The van der Waals surface area contributed by atoms with Gasteiger partial charge in [-0.25, -0.2) is 0 Å². The van der Waals surface area contributed by atoms with E-state index in [2.05, 4.69) is 85.4 Å². The van der Waals surface area contributed by atoms with Crippen molar-refractivity contribution in [2.24, 2.45) is 0 Å². The zero-order chi connectivity index (χ0) is 25.3. The Hall–Kier alpha value is -1.58. The zero-order valence-corrected chi connectivity index (χ0v) is 24.4. The molecular formula is C30H53ClN2O. The lowest BCUT2D eigenvalue weighted by Gasteiger charge is -2.23. The second-order valence-electron chi connectivity index (χ2n) is 10.9. The van der Waals surface area contributed by atoms with E-state index in [-0.39, 0.29) is 18.3 Å². The van der Waals surface area contributed by atoms with Crippen molar-refractivity contribution in [1.82, 2.24) is 5.32 Å². The number of quaternary nitrogens is 1. The minimum absolute atomic E-state index is 0. The summed E-state index contributed by atoms with van der Waals surface area (Å²) in [5.41, 5.74) is 6.98. The molecule has 0 aromatic carbocycles. The summed E-state index contributed by atoms with van der Waals surface area (Å²) in [6.45, 7) is 14.8. The lowest BCUT2D eigenvalue weighted by Crippen LogP contribution is -3.00. The van der Waals surface area contributed by atoms with E-state index in [9.17, 15) is 4.79 Å². The van der Waals surface area contributed by atoms with Crippen molar-refractivity contribution in [3.63, 3.8) is 0 Å². The van der Waals surface area contributed by atoms with Gasteiger partial charge >= 0.3 is 0 Å². The Morgan fingerprint density at radius 1 is 0.647 bits per heavy atom. The van der Waals surface area contributed by atoms with Crippen molar-refractivity contribution < 1.29 is 21.7 Å². The molecular weight excluding hydrogens is 440 g/mol. The van der Waals surface area contributed by atoms with Gasteiger partial charge in [-0.05, 0) is 92.9 Å². The Labute approximate surface area is 218 Å². The number of hydrogen-bond donors (Lipinski definition) is 1. The summed E-state index contributed by atoms with van der Waals surface area (Å²) in [4.78, 5) is 12.0. The molecule has 1 N–H and O–H groups in total. The molecule has 0 aliphatic heterocycles. The van der Waals surface area contributed by atoms with Gasteiger partial charge < -0.3 is 22.2 Å². The third-order valence-corrected chi connectivity index (χ3v) is 5.65. The van der Waals surface area contributed by atoms with Crippen LogP contribution in [0.25, 0.3) is 0 Å². The maximum Gasteiger partial charge on any atom is 0.244 e. The van der Waals surface area contributed by atoms with E-state index in [1.54, 1.807) is 6.08 Å². The first-order valence-electron chi connectivity index (χ1n) is 12.7.